The summed E-state index contributed by atoms with van der Waals surface area (Å²) in [6, 6.07) is 2.04. The molecule has 0 radical (unpaired) electrons. The van der Waals surface area contributed by atoms with E-state index in [9.17, 15) is 0 Å². The maximum atomic E-state index is 8.72. The third-order valence-corrected chi connectivity index (χ3v) is 2.19. The minimum Gasteiger partial charge on any atom is -0.396 e. The molecule has 1 aromatic heterocycles. The molecule has 5 N–H and O–H groups in total. The van der Waals surface area contributed by atoms with Gasteiger partial charge in [-0.2, -0.15) is 9.97 Å². The quantitative estimate of drug-likeness (QED) is 0.568. The van der Waals surface area contributed by atoms with Crippen molar-refractivity contribution >= 4 is 17.6 Å². The lowest BCUT2D eigenvalue weighted by atomic mass is 10.2. The number of aliphatic hydroxyl groups excluding tert-OH is 1. The molecule has 0 aromatic carbocycles. The van der Waals surface area contributed by atoms with Crippen molar-refractivity contribution in [2.24, 2.45) is 0 Å². The first-order valence-corrected chi connectivity index (χ1v) is 5.35. The van der Waals surface area contributed by atoms with Gasteiger partial charge in [0.05, 0.1) is 0 Å². The van der Waals surface area contributed by atoms with Crippen LogP contribution in [0.1, 0.15) is 19.8 Å². The molecule has 1 unspecified atom stereocenters. The average molecular weight is 225 g/mol. The lowest BCUT2D eigenvalue weighted by Crippen LogP contribution is -2.17. The first kappa shape index (κ1) is 12.5. The number of aromatic nitrogens is 2. The number of nitrogens with one attached hydrogen (secondary N) is 2. The van der Waals surface area contributed by atoms with Gasteiger partial charge in [0.1, 0.15) is 11.6 Å². The van der Waals surface area contributed by atoms with Crippen molar-refractivity contribution in [2.75, 3.05) is 30.0 Å². The molecule has 0 spiro atoms. The second kappa shape index (κ2) is 6.12. The third-order valence-electron chi connectivity index (χ3n) is 2.19. The fourth-order valence-electron chi connectivity index (χ4n) is 1.39. The van der Waals surface area contributed by atoms with Crippen LogP contribution in [0.15, 0.2) is 6.07 Å². The van der Waals surface area contributed by atoms with Crippen molar-refractivity contribution in [3.8, 4) is 0 Å². The highest BCUT2D eigenvalue weighted by atomic mass is 16.2. The molecule has 0 saturated heterocycles. The van der Waals surface area contributed by atoms with Gasteiger partial charge < -0.3 is 21.5 Å². The Morgan fingerprint density at radius 2 is 2.12 bits per heavy atom. The second-order valence-electron chi connectivity index (χ2n) is 3.66. The molecule has 6 heteroatoms. The summed E-state index contributed by atoms with van der Waals surface area (Å²) in [6.07, 6.45) is 1.66. The highest BCUT2D eigenvalue weighted by molar-refractivity contribution is 5.50. The van der Waals surface area contributed by atoms with Crippen LogP contribution >= 0.6 is 0 Å². The van der Waals surface area contributed by atoms with Crippen LogP contribution in [-0.2, 0) is 0 Å². The van der Waals surface area contributed by atoms with Gasteiger partial charge in [0.2, 0.25) is 5.95 Å². The molecule has 0 aliphatic carbocycles. The Bertz CT molecular complexity index is 331. The predicted octanol–water partition coefficient (Wildman–Crippen LogP) is 0.673. The van der Waals surface area contributed by atoms with E-state index in [4.69, 9.17) is 10.8 Å². The molecule has 6 nitrogen and oxygen atoms in total. The van der Waals surface area contributed by atoms with Gasteiger partial charge in [-0.1, -0.05) is 0 Å². The van der Waals surface area contributed by atoms with Crippen molar-refractivity contribution < 1.29 is 5.11 Å². The number of hydrogen-bond donors (Lipinski definition) is 4. The summed E-state index contributed by atoms with van der Waals surface area (Å²) in [5, 5.41) is 14.8. The Labute approximate surface area is 95.3 Å². The molecule has 0 amide bonds. The Morgan fingerprint density at radius 3 is 2.75 bits per heavy atom. The van der Waals surface area contributed by atoms with Crippen molar-refractivity contribution in [3.05, 3.63) is 6.07 Å². The molecule has 1 atom stereocenters. The van der Waals surface area contributed by atoms with Crippen molar-refractivity contribution in [3.63, 3.8) is 0 Å². The van der Waals surface area contributed by atoms with E-state index in [1.807, 2.05) is 6.92 Å². The maximum Gasteiger partial charge on any atom is 0.223 e. The van der Waals surface area contributed by atoms with Crippen LogP contribution in [0.4, 0.5) is 17.6 Å². The summed E-state index contributed by atoms with van der Waals surface area (Å²) in [6.45, 7) is 2.24. The van der Waals surface area contributed by atoms with Gasteiger partial charge in [-0.3, -0.25) is 0 Å². The molecule has 1 rings (SSSR count). The minimum absolute atomic E-state index is 0.208. The number of nitrogens with zero attached hydrogens (tertiary/aromatic N) is 2. The van der Waals surface area contributed by atoms with Crippen LogP contribution in [-0.4, -0.2) is 34.8 Å². The van der Waals surface area contributed by atoms with E-state index in [0.29, 0.717) is 11.6 Å². The fraction of sp³-hybridized carbons (Fsp3) is 0.600. The smallest absolute Gasteiger partial charge is 0.223 e. The third kappa shape index (κ3) is 3.90. The molecular formula is C10H19N5O. The van der Waals surface area contributed by atoms with Crippen LogP contribution in [0, 0.1) is 0 Å². The Balaban J connectivity index is 2.61. The van der Waals surface area contributed by atoms with Crippen LogP contribution < -0.4 is 16.4 Å². The zero-order valence-corrected chi connectivity index (χ0v) is 9.70. The summed E-state index contributed by atoms with van der Waals surface area (Å²) >= 11 is 0. The number of anilines is 3. The van der Waals surface area contributed by atoms with E-state index < -0.39 is 0 Å². The molecular weight excluding hydrogens is 206 g/mol. The monoisotopic (exact) mass is 225 g/mol. The van der Waals surface area contributed by atoms with E-state index in [-0.39, 0.29) is 18.6 Å². The number of nitrogen functional groups attached to an aromatic ring is 1. The van der Waals surface area contributed by atoms with Gasteiger partial charge in [0.25, 0.3) is 0 Å². The Morgan fingerprint density at radius 1 is 1.44 bits per heavy atom. The average Bonchev–Trinajstić information content (AvgIpc) is 2.25. The lowest BCUT2D eigenvalue weighted by molar-refractivity contribution is 0.282. The molecule has 0 aliphatic heterocycles. The zero-order valence-electron chi connectivity index (χ0n) is 9.70. The minimum atomic E-state index is 0.208. The van der Waals surface area contributed by atoms with Crippen molar-refractivity contribution in [1.82, 2.24) is 9.97 Å². The van der Waals surface area contributed by atoms with Crippen molar-refractivity contribution in [1.29, 1.82) is 0 Å². The van der Waals surface area contributed by atoms with E-state index in [2.05, 4.69) is 20.6 Å². The summed E-state index contributed by atoms with van der Waals surface area (Å²) in [7, 11) is 1.78. The lowest BCUT2D eigenvalue weighted by Gasteiger charge is -2.14. The number of aliphatic hydroxyl groups is 1. The van der Waals surface area contributed by atoms with Crippen molar-refractivity contribution in [2.45, 2.75) is 25.8 Å². The van der Waals surface area contributed by atoms with E-state index in [1.165, 1.54) is 0 Å². The normalized spacial score (nSPS) is 12.2. The van der Waals surface area contributed by atoms with Crippen LogP contribution in [0.5, 0.6) is 0 Å². The number of rotatable bonds is 6. The largest absolute Gasteiger partial charge is 0.396 e. The molecule has 0 fully saturated rings. The fourth-order valence-corrected chi connectivity index (χ4v) is 1.39. The van der Waals surface area contributed by atoms with Gasteiger partial charge in [0, 0.05) is 25.8 Å². The van der Waals surface area contributed by atoms with Gasteiger partial charge in [-0.05, 0) is 19.8 Å². The van der Waals surface area contributed by atoms with Crippen LogP contribution in [0.3, 0.4) is 0 Å². The van der Waals surface area contributed by atoms with E-state index in [1.54, 1.807) is 13.1 Å². The van der Waals surface area contributed by atoms with Gasteiger partial charge in [-0.25, -0.2) is 0 Å². The van der Waals surface area contributed by atoms with E-state index >= 15 is 0 Å². The topological polar surface area (TPSA) is 96.1 Å². The van der Waals surface area contributed by atoms with Crippen LogP contribution in [0.25, 0.3) is 0 Å². The summed E-state index contributed by atoms with van der Waals surface area (Å²) in [5.41, 5.74) is 5.57. The van der Waals surface area contributed by atoms with Crippen LogP contribution in [0.2, 0.25) is 0 Å². The summed E-state index contributed by atoms with van der Waals surface area (Å²) in [5.74, 6) is 1.62. The summed E-state index contributed by atoms with van der Waals surface area (Å²) < 4.78 is 0. The molecule has 90 valence electrons. The second-order valence-corrected chi connectivity index (χ2v) is 3.66. The molecule has 0 bridgehead atoms. The molecule has 0 saturated carbocycles. The summed E-state index contributed by atoms with van der Waals surface area (Å²) in [4.78, 5) is 8.08. The predicted molar refractivity (Wildman–Crippen MR) is 65.4 cm³/mol. The maximum absolute atomic E-state index is 8.72. The van der Waals surface area contributed by atoms with Gasteiger partial charge in [0.15, 0.2) is 0 Å². The zero-order chi connectivity index (χ0) is 12.0. The first-order valence-electron chi connectivity index (χ1n) is 5.35. The Kier molecular flexibility index (Phi) is 4.78. The molecule has 1 aromatic rings. The highest BCUT2D eigenvalue weighted by Gasteiger charge is 2.05. The first-order chi connectivity index (χ1) is 7.65. The number of hydrogen-bond acceptors (Lipinski definition) is 6. The molecule has 0 aliphatic rings. The van der Waals surface area contributed by atoms with E-state index in [0.717, 1.165) is 12.8 Å². The molecule has 16 heavy (non-hydrogen) atoms. The number of nitrogens with two attached hydrogens (primary N) is 1. The standard InChI is InChI=1S/C10H19N5O/c1-7(4-3-5-16)13-9-6-8(12-2)14-10(11)15-9/h6-7,16H,3-5H2,1-2H3,(H4,11,12,13,14,15). The van der Waals surface area contributed by atoms with Gasteiger partial charge in [-0.15, -0.1) is 0 Å². The Hall–Kier alpha value is -1.56. The highest BCUT2D eigenvalue weighted by Crippen LogP contribution is 2.13. The molecule has 1 heterocycles. The van der Waals surface area contributed by atoms with Gasteiger partial charge >= 0.3 is 0 Å². The SMILES string of the molecule is CNc1cc(NC(C)CCCO)nc(N)n1.